The van der Waals surface area contributed by atoms with E-state index in [1.165, 1.54) is 0 Å². The van der Waals surface area contributed by atoms with Crippen molar-refractivity contribution in [2.45, 2.75) is 19.9 Å². The highest BCUT2D eigenvalue weighted by Crippen LogP contribution is 2.18. The molecule has 2 heterocycles. The molecular weight excluding hydrogens is 230 g/mol. The van der Waals surface area contributed by atoms with Gasteiger partial charge in [0.25, 0.3) is 0 Å². The SMILES string of the molecule is CC(C)Nc1nc(C=O)cc(-c2cncn2C)n1. The fourth-order valence-electron chi connectivity index (χ4n) is 1.58. The summed E-state index contributed by atoms with van der Waals surface area (Å²) in [6.07, 6.45) is 4.11. The molecule has 0 aromatic carbocycles. The van der Waals surface area contributed by atoms with Gasteiger partial charge >= 0.3 is 0 Å². The molecule has 0 fully saturated rings. The molecule has 0 amide bonds. The number of nitrogens with zero attached hydrogens (tertiary/aromatic N) is 4. The molecule has 0 aliphatic rings. The molecule has 2 aromatic heterocycles. The van der Waals surface area contributed by atoms with E-state index in [4.69, 9.17) is 0 Å². The molecule has 6 nitrogen and oxygen atoms in total. The van der Waals surface area contributed by atoms with E-state index in [-0.39, 0.29) is 6.04 Å². The number of hydrogen-bond acceptors (Lipinski definition) is 5. The van der Waals surface area contributed by atoms with Crippen LogP contribution in [-0.2, 0) is 7.05 Å². The lowest BCUT2D eigenvalue weighted by Gasteiger charge is -2.10. The second-order valence-corrected chi connectivity index (χ2v) is 4.31. The standard InChI is InChI=1S/C12H15N5O/c1-8(2)14-12-15-9(6-18)4-10(16-12)11-5-13-7-17(11)3/h4-8H,1-3H3,(H,14,15,16). The topological polar surface area (TPSA) is 72.7 Å². The second kappa shape index (κ2) is 4.95. The number of nitrogens with one attached hydrogen (secondary N) is 1. The summed E-state index contributed by atoms with van der Waals surface area (Å²) in [5.41, 5.74) is 1.87. The maximum absolute atomic E-state index is 10.9. The Bertz CT molecular complexity index is 561. The number of hydrogen-bond donors (Lipinski definition) is 1. The third-order valence-electron chi connectivity index (χ3n) is 2.36. The van der Waals surface area contributed by atoms with Crippen molar-refractivity contribution < 1.29 is 4.79 Å². The number of rotatable bonds is 4. The zero-order chi connectivity index (χ0) is 13.1. The predicted octanol–water partition coefficient (Wildman–Crippen LogP) is 1.51. The quantitative estimate of drug-likeness (QED) is 0.826. The molecule has 6 heteroatoms. The maximum Gasteiger partial charge on any atom is 0.224 e. The third-order valence-corrected chi connectivity index (χ3v) is 2.36. The van der Waals surface area contributed by atoms with E-state index in [1.807, 2.05) is 25.5 Å². The molecule has 0 atom stereocenters. The minimum atomic E-state index is 0.200. The van der Waals surface area contributed by atoms with Crippen molar-refractivity contribution in [1.29, 1.82) is 0 Å². The summed E-state index contributed by atoms with van der Waals surface area (Å²) in [4.78, 5) is 23.4. The van der Waals surface area contributed by atoms with Crippen LogP contribution >= 0.6 is 0 Å². The molecule has 0 saturated carbocycles. The van der Waals surface area contributed by atoms with Crippen molar-refractivity contribution in [3.63, 3.8) is 0 Å². The third kappa shape index (κ3) is 2.53. The average molecular weight is 245 g/mol. The van der Waals surface area contributed by atoms with Crippen LogP contribution in [-0.4, -0.2) is 31.8 Å². The van der Waals surface area contributed by atoms with Gasteiger partial charge in [0.15, 0.2) is 6.29 Å². The number of aldehydes is 1. The van der Waals surface area contributed by atoms with Gasteiger partial charge in [-0.2, -0.15) is 0 Å². The van der Waals surface area contributed by atoms with E-state index in [0.717, 1.165) is 5.69 Å². The highest BCUT2D eigenvalue weighted by atomic mass is 16.1. The van der Waals surface area contributed by atoms with Crippen LogP contribution in [0.3, 0.4) is 0 Å². The lowest BCUT2D eigenvalue weighted by molar-refractivity contribution is 0.111. The smallest absolute Gasteiger partial charge is 0.224 e. The van der Waals surface area contributed by atoms with Gasteiger partial charge in [-0.3, -0.25) is 4.79 Å². The Labute approximate surface area is 105 Å². The van der Waals surface area contributed by atoms with Crippen LogP contribution in [0.2, 0.25) is 0 Å². The van der Waals surface area contributed by atoms with Crippen LogP contribution in [0, 0.1) is 0 Å². The number of aryl methyl sites for hydroxylation is 1. The molecule has 0 aliphatic heterocycles. The van der Waals surface area contributed by atoms with Gasteiger partial charge in [-0.1, -0.05) is 0 Å². The van der Waals surface area contributed by atoms with Crippen molar-refractivity contribution in [3.05, 3.63) is 24.3 Å². The monoisotopic (exact) mass is 245 g/mol. The molecule has 0 unspecified atom stereocenters. The summed E-state index contributed by atoms with van der Waals surface area (Å²) in [6.45, 7) is 3.97. The fourth-order valence-corrected chi connectivity index (χ4v) is 1.58. The highest BCUT2D eigenvalue weighted by Gasteiger charge is 2.09. The van der Waals surface area contributed by atoms with Crippen molar-refractivity contribution in [2.24, 2.45) is 7.05 Å². The van der Waals surface area contributed by atoms with E-state index in [2.05, 4.69) is 20.3 Å². The van der Waals surface area contributed by atoms with E-state index in [0.29, 0.717) is 23.6 Å². The van der Waals surface area contributed by atoms with Gasteiger partial charge in [0.05, 0.1) is 23.9 Å². The van der Waals surface area contributed by atoms with Gasteiger partial charge in [-0.05, 0) is 19.9 Å². The maximum atomic E-state index is 10.9. The van der Waals surface area contributed by atoms with E-state index < -0.39 is 0 Å². The Kier molecular flexibility index (Phi) is 3.36. The molecular formula is C12H15N5O. The molecule has 2 rings (SSSR count). The van der Waals surface area contributed by atoms with Crippen LogP contribution in [0.1, 0.15) is 24.3 Å². The Hall–Kier alpha value is -2.24. The number of imidazole rings is 1. The number of carbonyl (C=O) groups excluding carboxylic acids is 1. The fraction of sp³-hybridized carbons (Fsp3) is 0.333. The van der Waals surface area contributed by atoms with Gasteiger partial charge in [0.1, 0.15) is 5.69 Å². The molecule has 18 heavy (non-hydrogen) atoms. The minimum Gasteiger partial charge on any atom is -0.352 e. The summed E-state index contributed by atoms with van der Waals surface area (Å²) in [6, 6.07) is 1.85. The van der Waals surface area contributed by atoms with E-state index >= 15 is 0 Å². The molecule has 94 valence electrons. The average Bonchev–Trinajstić information content (AvgIpc) is 2.74. The first kappa shape index (κ1) is 12.2. The van der Waals surface area contributed by atoms with Crippen molar-refractivity contribution in [2.75, 3.05) is 5.32 Å². The lowest BCUT2D eigenvalue weighted by Crippen LogP contribution is -2.13. The summed E-state index contributed by atoms with van der Waals surface area (Å²) >= 11 is 0. The van der Waals surface area contributed by atoms with Crippen LogP contribution in [0.4, 0.5) is 5.95 Å². The van der Waals surface area contributed by atoms with Crippen molar-refractivity contribution >= 4 is 12.2 Å². The first-order chi connectivity index (χ1) is 8.60. The van der Waals surface area contributed by atoms with E-state index in [1.54, 1.807) is 18.6 Å². The molecule has 2 aromatic rings. The molecule has 1 N–H and O–H groups in total. The van der Waals surface area contributed by atoms with Gasteiger partial charge in [-0.25, -0.2) is 15.0 Å². The molecule has 0 radical (unpaired) electrons. The first-order valence-corrected chi connectivity index (χ1v) is 5.67. The first-order valence-electron chi connectivity index (χ1n) is 5.67. The Morgan fingerprint density at radius 2 is 2.17 bits per heavy atom. The van der Waals surface area contributed by atoms with Gasteiger partial charge < -0.3 is 9.88 Å². The summed E-state index contributed by atoms with van der Waals surface area (Å²) in [5.74, 6) is 0.450. The predicted molar refractivity (Wildman–Crippen MR) is 68.4 cm³/mol. The zero-order valence-electron chi connectivity index (χ0n) is 10.6. The zero-order valence-corrected chi connectivity index (χ0v) is 10.6. The second-order valence-electron chi connectivity index (χ2n) is 4.31. The minimum absolute atomic E-state index is 0.200. The molecule has 0 bridgehead atoms. The number of aromatic nitrogens is 4. The van der Waals surface area contributed by atoms with Crippen molar-refractivity contribution in [3.8, 4) is 11.4 Å². The number of carbonyl (C=O) groups is 1. The molecule has 0 saturated heterocycles. The summed E-state index contributed by atoms with van der Waals surface area (Å²) in [5, 5.41) is 3.09. The van der Waals surface area contributed by atoms with Gasteiger partial charge in [0, 0.05) is 13.1 Å². The summed E-state index contributed by atoms with van der Waals surface area (Å²) < 4.78 is 1.84. The number of anilines is 1. The van der Waals surface area contributed by atoms with Gasteiger partial charge in [0.2, 0.25) is 5.95 Å². The highest BCUT2D eigenvalue weighted by molar-refractivity contribution is 5.75. The molecule has 0 spiro atoms. The van der Waals surface area contributed by atoms with E-state index in [9.17, 15) is 4.79 Å². The van der Waals surface area contributed by atoms with Crippen LogP contribution in [0.25, 0.3) is 11.4 Å². The Balaban J connectivity index is 2.47. The van der Waals surface area contributed by atoms with Crippen LogP contribution < -0.4 is 5.32 Å². The van der Waals surface area contributed by atoms with Gasteiger partial charge in [-0.15, -0.1) is 0 Å². The summed E-state index contributed by atoms with van der Waals surface area (Å²) in [7, 11) is 1.88. The Morgan fingerprint density at radius 1 is 1.39 bits per heavy atom. The lowest BCUT2D eigenvalue weighted by atomic mass is 10.2. The van der Waals surface area contributed by atoms with Crippen molar-refractivity contribution in [1.82, 2.24) is 19.5 Å². The van der Waals surface area contributed by atoms with Crippen LogP contribution in [0.5, 0.6) is 0 Å². The Morgan fingerprint density at radius 3 is 2.72 bits per heavy atom. The molecule has 0 aliphatic carbocycles. The normalized spacial score (nSPS) is 10.7. The van der Waals surface area contributed by atoms with Crippen LogP contribution in [0.15, 0.2) is 18.6 Å². The largest absolute Gasteiger partial charge is 0.352 e.